The van der Waals surface area contributed by atoms with Gasteiger partial charge in [-0.1, -0.05) is 23.2 Å². The molecule has 1 rings (SSSR count). The quantitative estimate of drug-likeness (QED) is 0.627. The predicted octanol–water partition coefficient (Wildman–Crippen LogP) is 2.99. The lowest BCUT2D eigenvalue weighted by Gasteiger charge is -2.00. The summed E-state index contributed by atoms with van der Waals surface area (Å²) in [5.41, 5.74) is 0.721. The number of hydrogen-bond donors (Lipinski definition) is 2. The summed E-state index contributed by atoms with van der Waals surface area (Å²) in [4.78, 5) is 21.7. The highest BCUT2D eigenvalue weighted by molar-refractivity contribution is 6.34. The van der Waals surface area contributed by atoms with Crippen LogP contribution in [0.2, 0.25) is 10.0 Å². The van der Waals surface area contributed by atoms with E-state index in [2.05, 4.69) is 5.32 Å². The molecule has 0 atom stereocenters. The standard InChI is InChI=1S/C13H13Cl2NO3/c14-10-6-9(7-11(15)8-10)3-4-12(17)16-5-1-2-13(18)19/h3-4,6-8H,1-2,5H2,(H,16,17)(H,18,19)/b4-3+. The smallest absolute Gasteiger partial charge is 0.303 e. The number of carboxylic acids is 1. The molecule has 0 fully saturated rings. The second-order valence-electron chi connectivity index (χ2n) is 3.82. The van der Waals surface area contributed by atoms with E-state index in [0.717, 1.165) is 5.56 Å². The minimum Gasteiger partial charge on any atom is -0.481 e. The lowest BCUT2D eigenvalue weighted by molar-refractivity contribution is -0.137. The average molecular weight is 302 g/mol. The van der Waals surface area contributed by atoms with Gasteiger partial charge >= 0.3 is 5.97 Å². The summed E-state index contributed by atoms with van der Waals surface area (Å²) in [7, 11) is 0. The van der Waals surface area contributed by atoms with Gasteiger partial charge in [0.25, 0.3) is 0 Å². The second kappa shape index (κ2) is 7.81. The first-order valence-corrected chi connectivity index (χ1v) is 6.37. The van der Waals surface area contributed by atoms with Crippen molar-refractivity contribution < 1.29 is 14.7 Å². The normalized spacial score (nSPS) is 10.6. The maximum Gasteiger partial charge on any atom is 0.303 e. The number of rotatable bonds is 6. The van der Waals surface area contributed by atoms with Gasteiger partial charge in [0, 0.05) is 29.1 Å². The summed E-state index contributed by atoms with van der Waals surface area (Å²) in [6, 6.07) is 4.97. The van der Waals surface area contributed by atoms with Crippen LogP contribution in [0.5, 0.6) is 0 Å². The van der Waals surface area contributed by atoms with Crippen LogP contribution in [0.15, 0.2) is 24.3 Å². The molecule has 0 aromatic heterocycles. The van der Waals surface area contributed by atoms with Gasteiger partial charge in [-0.2, -0.15) is 0 Å². The van der Waals surface area contributed by atoms with Crippen molar-refractivity contribution in [2.24, 2.45) is 0 Å². The molecule has 2 N–H and O–H groups in total. The van der Waals surface area contributed by atoms with E-state index in [1.165, 1.54) is 6.08 Å². The van der Waals surface area contributed by atoms with E-state index in [9.17, 15) is 9.59 Å². The zero-order valence-electron chi connectivity index (χ0n) is 10.0. The third-order valence-electron chi connectivity index (χ3n) is 2.18. The Morgan fingerprint density at radius 2 is 1.84 bits per heavy atom. The molecule has 1 amide bonds. The van der Waals surface area contributed by atoms with Crippen molar-refractivity contribution in [3.63, 3.8) is 0 Å². The Hall–Kier alpha value is -1.52. The molecule has 0 bridgehead atoms. The van der Waals surface area contributed by atoms with Gasteiger partial charge in [-0.3, -0.25) is 9.59 Å². The molecule has 102 valence electrons. The first-order valence-electron chi connectivity index (χ1n) is 5.61. The third kappa shape index (κ3) is 6.84. The molecule has 1 aromatic carbocycles. The largest absolute Gasteiger partial charge is 0.481 e. The first kappa shape index (κ1) is 15.5. The number of nitrogens with one attached hydrogen (secondary N) is 1. The van der Waals surface area contributed by atoms with Crippen LogP contribution in [-0.2, 0) is 9.59 Å². The van der Waals surface area contributed by atoms with Gasteiger partial charge in [0.2, 0.25) is 5.91 Å². The van der Waals surface area contributed by atoms with Gasteiger partial charge in [0.15, 0.2) is 0 Å². The van der Waals surface area contributed by atoms with E-state index in [0.29, 0.717) is 23.0 Å². The Morgan fingerprint density at radius 1 is 1.21 bits per heavy atom. The lowest BCUT2D eigenvalue weighted by atomic mass is 10.2. The van der Waals surface area contributed by atoms with Gasteiger partial charge in [0.1, 0.15) is 0 Å². The Balaban J connectivity index is 2.43. The first-order chi connectivity index (χ1) is 8.97. The molecule has 0 radical (unpaired) electrons. The average Bonchev–Trinajstić information content (AvgIpc) is 2.31. The molecule has 0 saturated heterocycles. The molecule has 0 saturated carbocycles. The fraction of sp³-hybridized carbons (Fsp3) is 0.231. The van der Waals surface area contributed by atoms with Crippen LogP contribution in [0.1, 0.15) is 18.4 Å². The van der Waals surface area contributed by atoms with E-state index in [1.807, 2.05) is 0 Å². The summed E-state index contributed by atoms with van der Waals surface area (Å²) in [5, 5.41) is 12.0. The van der Waals surface area contributed by atoms with Crippen LogP contribution in [0.25, 0.3) is 6.08 Å². The molecule has 0 unspecified atom stereocenters. The van der Waals surface area contributed by atoms with E-state index < -0.39 is 5.97 Å². The van der Waals surface area contributed by atoms with Crippen molar-refractivity contribution >= 4 is 41.2 Å². The van der Waals surface area contributed by atoms with Crippen molar-refractivity contribution in [3.05, 3.63) is 39.9 Å². The number of aliphatic carboxylic acids is 1. The molecule has 0 aliphatic heterocycles. The second-order valence-corrected chi connectivity index (χ2v) is 4.70. The van der Waals surface area contributed by atoms with E-state index in [-0.39, 0.29) is 12.3 Å². The number of halogens is 2. The number of carbonyl (C=O) groups is 2. The number of carbonyl (C=O) groups excluding carboxylic acids is 1. The molecule has 19 heavy (non-hydrogen) atoms. The molecule has 0 aliphatic carbocycles. The highest BCUT2D eigenvalue weighted by atomic mass is 35.5. The van der Waals surface area contributed by atoms with Gasteiger partial charge in [-0.05, 0) is 36.3 Å². The molecule has 1 aromatic rings. The maximum absolute atomic E-state index is 11.4. The highest BCUT2D eigenvalue weighted by Gasteiger charge is 1.99. The molecule has 0 heterocycles. The topological polar surface area (TPSA) is 66.4 Å². The molecule has 4 nitrogen and oxygen atoms in total. The third-order valence-corrected chi connectivity index (χ3v) is 2.62. The summed E-state index contributed by atoms with van der Waals surface area (Å²) >= 11 is 11.6. The van der Waals surface area contributed by atoms with Crippen LogP contribution in [0, 0.1) is 0 Å². The van der Waals surface area contributed by atoms with Crippen molar-refractivity contribution in [2.45, 2.75) is 12.8 Å². The maximum atomic E-state index is 11.4. The Bertz CT molecular complexity index is 480. The fourth-order valence-corrected chi connectivity index (χ4v) is 1.90. The van der Waals surface area contributed by atoms with Gasteiger partial charge in [0.05, 0.1) is 0 Å². The van der Waals surface area contributed by atoms with Crippen molar-refractivity contribution in [1.82, 2.24) is 5.32 Å². The molecule has 0 aliphatic rings. The summed E-state index contributed by atoms with van der Waals surface area (Å²) in [5.74, 6) is -1.17. The zero-order chi connectivity index (χ0) is 14.3. The zero-order valence-corrected chi connectivity index (χ0v) is 11.5. The summed E-state index contributed by atoms with van der Waals surface area (Å²) < 4.78 is 0. The number of benzene rings is 1. The summed E-state index contributed by atoms with van der Waals surface area (Å²) in [6.45, 7) is 0.325. The Kier molecular flexibility index (Phi) is 6.39. The highest BCUT2D eigenvalue weighted by Crippen LogP contribution is 2.19. The van der Waals surface area contributed by atoms with Crippen molar-refractivity contribution in [1.29, 1.82) is 0 Å². The van der Waals surface area contributed by atoms with Gasteiger partial charge in [-0.15, -0.1) is 0 Å². The van der Waals surface area contributed by atoms with Gasteiger partial charge < -0.3 is 10.4 Å². The summed E-state index contributed by atoms with van der Waals surface area (Å²) in [6.07, 6.45) is 3.37. The fourth-order valence-electron chi connectivity index (χ4n) is 1.35. The lowest BCUT2D eigenvalue weighted by Crippen LogP contribution is -2.22. The molecule has 0 spiro atoms. The number of amides is 1. The van der Waals surface area contributed by atoms with Crippen LogP contribution >= 0.6 is 23.2 Å². The molecular weight excluding hydrogens is 289 g/mol. The monoisotopic (exact) mass is 301 g/mol. The van der Waals surface area contributed by atoms with Gasteiger partial charge in [-0.25, -0.2) is 0 Å². The Morgan fingerprint density at radius 3 is 2.42 bits per heavy atom. The molecular formula is C13H13Cl2NO3. The number of hydrogen-bond acceptors (Lipinski definition) is 2. The van der Waals surface area contributed by atoms with Crippen LogP contribution in [0.4, 0.5) is 0 Å². The van der Waals surface area contributed by atoms with Crippen LogP contribution < -0.4 is 5.32 Å². The Labute approximate surface area is 121 Å². The van der Waals surface area contributed by atoms with E-state index in [1.54, 1.807) is 24.3 Å². The predicted molar refractivity (Wildman–Crippen MR) is 75.4 cm³/mol. The van der Waals surface area contributed by atoms with Crippen molar-refractivity contribution in [3.8, 4) is 0 Å². The van der Waals surface area contributed by atoms with Crippen molar-refractivity contribution in [2.75, 3.05) is 6.54 Å². The van der Waals surface area contributed by atoms with Crippen LogP contribution in [0.3, 0.4) is 0 Å². The minimum absolute atomic E-state index is 0.0356. The van der Waals surface area contributed by atoms with Crippen LogP contribution in [-0.4, -0.2) is 23.5 Å². The minimum atomic E-state index is -0.877. The number of carboxylic acid groups (broad SMARTS) is 1. The van der Waals surface area contributed by atoms with E-state index >= 15 is 0 Å². The van der Waals surface area contributed by atoms with E-state index in [4.69, 9.17) is 28.3 Å². The SMILES string of the molecule is O=C(O)CCCNC(=O)/C=C/c1cc(Cl)cc(Cl)c1. The molecule has 6 heteroatoms.